The van der Waals surface area contributed by atoms with E-state index >= 15 is 0 Å². The molecule has 0 bridgehead atoms. The second-order valence-corrected chi connectivity index (χ2v) is 14.8. The molecule has 0 fully saturated rings. The van der Waals surface area contributed by atoms with E-state index in [0.29, 0.717) is 17.5 Å². The predicted octanol–water partition coefficient (Wildman–Crippen LogP) is 14.7. The number of allylic oxidation sites excluding steroid dienone is 3. The van der Waals surface area contributed by atoms with E-state index in [9.17, 15) is 0 Å². The van der Waals surface area contributed by atoms with Crippen molar-refractivity contribution in [3.05, 3.63) is 260 Å². The molecule has 1 aliphatic carbocycles. The highest BCUT2D eigenvalue weighted by Gasteiger charge is 2.18. The highest BCUT2D eigenvalue weighted by Crippen LogP contribution is 2.38. The number of hydrogen-bond donors (Lipinski definition) is 0. The van der Waals surface area contributed by atoms with Gasteiger partial charge in [-0.3, -0.25) is 0 Å². The Morgan fingerprint density at radius 2 is 0.540 bits per heavy atom. The molecule has 6 heteroatoms. The zero-order valence-corrected chi connectivity index (χ0v) is 34.3. The van der Waals surface area contributed by atoms with E-state index in [-0.39, 0.29) is 0 Å². The van der Waals surface area contributed by atoms with Gasteiger partial charge in [0.1, 0.15) is 0 Å². The summed E-state index contributed by atoms with van der Waals surface area (Å²) in [6.45, 7) is 0. The summed E-state index contributed by atoms with van der Waals surface area (Å²) >= 11 is 0. The Morgan fingerprint density at radius 1 is 0.270 bits per heavy atom. The highest BCUT2D eigenvalue weighted by atomic mass is 15.2. The minimum Gasteiger partial charge on any atom is -0.311 e. The molecule has 0 radical (unpaired) electrons. The van der Waals surface area contributed by atoms with Gasteiger partial charge in [0.05, 0.1) is 5.70 Å². The fourth-order valence-corrected chi connectivity index (χ4v) is 7.75. The third-order valence-electron chi connectivity index (χ3n) is 10.8. The molecule has 8 aromatic carbocycles. The van der Waals surface area contributed by atoms with Crippen LogP contribution in [-0.4, -0.2) is 15.0 Å². The lowest BCUT2D eigenvalue weighted by molar-refractivity contribution is 1.07. The molecule has 0 atom stereocenters. The van der Waals surface area contributed by atoms with Crippen molar-refractivity contribution in [2.45, 2.75) is 0 Å². The lowest BCUT2D eigenvalue weighted by atomic mass is 10.1. The van der Waals surface area contributed by atoms with Crippen LogP contribution in [0.3, 0.4) is 0 Å². The number of para-hydroxylation sites is 5. The molecular weight excluding hydrogens is 769 g/mol. The SMILES string of the molecule is C1=C=CC(N(c2ccccc2)c2ccc(-c3nc(-c4ccc(N(c5ccccc5)c5ccccc5)cc4)nc(-c4ccc(N(c5ccccc5)c5ccccc5)cc4)n3)cc2)=CC=1. The van der Waals surface area contributed by atoms with Crippen LogP contribution >= 0.6 is 0 Å². The van der Waals surface area contributed by atoms with Gasteiger partial charge in [-0.15, -0.1) is 0 Å². The Balaban J connectivity index is 1.05. The number of nitrogens with zero attached hydrogens (tertiary/aromatic N) is 6. The maximum atomic E-state index is 5.14. The van der Waals surface area contributed by atoms with Gasteiger partial charge in [0.2, 0.25) is 0 Å². The van der Waals surface area contributed by atoms with Crippen LogP contribution < -0.4 is 14.7 Å². The summed E-state index contributed by atoms with van der Waals surface area (Å²) in [5.41, 5.74) is 18.1. The average molecular weight is 809 g/mol. The quantitative estimate of drug-likeness (QED) is 0.115. The van der Waals surface area contributed by atoms with Gasteiger partial charge in [-0.25, -0.2) is 15.0 Å². The van der Waals surface area contributed by atoms with Crippen molar-refractivity contribution in [3.8, 4) is 34.2 Å². The Labute approximate surface area is 367 Å². The molecule has 1 heterocycles. The van der Waals surface area contributed by atoms with E-state index in [1.165, 1.54) is 0 Å². The maximum absolute atomic E-state index is 5.14. The second-order valence-electron chi connectivity index (χ2n) is 14.8. The summed E-state index contributed by atoms with van der Waals surface area (Å²) in [5.74, 6) is 1.74. The van der Waals surface area contributed by atoms with Crippen LogP contribution in [0.2, 0.25) is 0 Å². The van der Waals surface area contributed by atoms with Crippen molar-refractivity contribution in [3.63, 3.8) is 0 Å². The zero-order valence-electron chi connectivity index (χ0n) is 34.3. The third-order valence-corrected chi connectivity index (χ3v) is 10.8. The molecule has 0 saturated carbocycles. The molecule has 0 amide bonds. The Hall–Kier alpha value is -8.79. The van der Waals surface area contributed by atoms with Gasteiger partial charge in [-0.2, -0.15) is 0 Å². The molecule has 6 nitrogen and oxygen atoms in total. The number of benzene rings is 8. The summed E-state index contributed by atoms with van der Waals surface area (Å²) in [4.78, 5) is 22.1. The van der Waals surface area contributed by atoms with Crippen LogP contribution in [0.15, 0.2) is 260 Å². The second kappa shape index (κ2) is 17.8. The number of aromatic nitrogens is 3. The van der Waals surface area contributed by atoms with Crippen molar-refractivity contribution in [1.82, 2.24) is 15.0 Å². The molecule has 1 aromatic heterocycles. The van der Waals surface area contributed by atoms with E-state index in [1.807, 2.05) is 60.7 Å². The smallest absolute Gasteiger partial charge is 0.164 e. The number of hydrogen-bond acceptors (Lipinski definition) is 6. The summed E-state index contributed by atoms with van der Waals surface area (Å²) < 4.78 is 0. The minimum atomic E-state index is 0.578. The van der Waals surface area contributed by atoms with Crippen LogP contribution in [0.1, 0.15) is 0 Å². The summed E-state index contributed by atoms with van der Waals surface area (Å²) in [7, 11) is 0. The van der Waals surface area contributed by atoms with E-state index in [2.05, 4.69) is 208 Å². The van der Waals surface area contributed by atoms with Crippen molar-refractivity contribution in [2.24, 2.45) is 0 Å². The van der Waals surface area contributed by atoms with Crippen molar-refractivity contribution in [1.29, 1.82) is 0 Å². The number of anilines is 8. The molecule has 0 unspecified atom stereocenters. The molecule has 298 valence electrons. The molecule has 0 spiro atoms. The normalized spacial score (nSPS) is 11.5. The van der Waals surface area contributed by atoms with E-state index in [1.54, 1.807) is 0 Å². The molecule has 10 rings (SSSR count). The van der Waals surface area contributed by atoms with Crippen molar-refractivity contribution in [2.75, 3.05) is 14.7 Å². The predicted molar refractivity (Wildman–Crippen MR) is 258 cm³/mol. The molecule has 1 aliphatic rings. The molecule has 9 aromatic rings. The Bertz CT molecular complexity index is 2860. The molecular formula is C57H40N6. The first-order chi connectivity index (χ1) is 31.2. The van der Waals surface area contributed by atoms with Gasteiger partial charge in [0.15, 0.2) is 17.5 Å². The summed E-state index contributed by atoms with van der Waals surface area (Å²) in [6.07, 6.45) is 5.87. The summed E-state index contributed by atoms with van der Waals surface area (Å²) in [5, 5.41) is 0. The zero-order chi connectivity index (χ0) is 42.2. The molecule has 0 aliphatic heterocycles. The first kappa shape index (κ1) is 38.4. The van der Waals surface area contributed by atoms with Crippen LogP contribution in [0, 0.1) is 0 Å². The first-order valence-corrected chi connectivity index (χ1v) is 20.9. The van der Waals surface area contributed by atoms with Crippen molar-refractivity contribution >= 4 is 45.5 Å². The fourth-order valence-electron chi connectivity index (χ4n) is 7.75. The van der Waals surface area contributed by atoms with Crippen molar-refractivity contribution < 1.29 is 0 Å². The largest absolute Gasteiger partial charge is 0.311 e. The first-order valence-electron chi connectivity index (χ1n) is 20.9. The standard InChI is InChI=1S/C57H40N6/c1-7-19-46(20-8-1)61(47-21-9-2-10-22-47)52-37-31-43(32-38-52)55-58-56(44-33-39-53(40-34-44)62(48-23-11-3-12-24-48)49-25-13-4-14-26-49)60-57(59-55)45-35-41-54(42-36-45)63(50-27-15-5-16-28-50)51-29-17-6-18-30-51/h1-5,7-17,19-42H. The third kappa shape index (κ3) is 8.36. The van der Waals surface area contributed by atoms with E-state index < -0.39 is 0 Å². The molecule has 0 saturated heterocycles. The fraction of sp³-hybridized carbons (Fsp3) is 0. The van der Waals surface area contributed by atoms with Gasteiger partial charge in [0, 0.05) is 68.3 Å². The maximum Gasteiger partial charge on any atom is 0.164 e. The van der Waals surface area contributed by atoms with Gasteiger partial charge in [-0.05, 0) is 146 Å². The minimum absolute atomic E-state index is 0.578. The lowest BCUT2D eigenvalue weighted by Gasteiger charge is -2.26. The van der Waals surface area contributed by atoms with Gasteiger partial charge >= 0.3 is 0 Å². The van der Waals surface area contributed by atoms with Crippen LogP contribution in [-0.2, 0) is 0 Å². The van der Waals surface area contributed by atoms with E-state index in [0.717, 1.165) is 67.9 Å². The lowest BCUT2D eigenvalue weighted by Crippen LogP contribution is -2.15. The Kier molecular flexibility index (Phi) is 10.9. The van der Waals surface area contributed by atoms with E-state index in [4.69, 9.17) is 15.0 Å². The van der Waals surface area contributed by atoms with Gasteiger partial charge in [-0.1, -0.05) is 102 Å². The molecule has 63 heavy (non-hydrogen) atoms. The van der Waals surface area contributed by atoms with Gasteiger partial charge in [0.25, 0.3) is 0 Å². The number of rotatable bonds is 12. The Morgan fingerprint density at radius 3 is 0.825 bits per heavy atom. The van der Waals surface area contributed by atoms with Gasteiger partial charge < -0.3 is 14.7 Å². The highest BCUT2D eigenvalue weighted by molar-refractivity contribution is 5.80. The van der Waals surface area contributed by atoms with Crippen LogP contribution in [0.4, 0.5) is 45.5 Å². The van der Waals surface area contributed by atoms with Crippen LogP contribution in [0.25, 0.3) is 34.2 Å². The van der Waals surface area contributed by atoms with Crippen LogP contribution in [0.5, 0.6) is 0 Å². The molecule has 0 N–H and O–H groups in total. The monoisotopic (exact) mass is 808 g/mol. The topological polar surface area (TPSA) is 48.4 Å². The summed E-state index contributed by atoms with van der Waals surface area (Å²) in [6, 6.07) is 77.2. The average Bonchev–Trinajstić information content (AvgIpc) is 3.37.